The third-order valence-corrected chi connectivity index (χ3v) is 5.80. The van der Waals surface area contributed by atoms with Crippen LogP contribution in [0, 0.1) is 0 Å². The van der Waals surface area contributed by atoms with E-state index in [0.29, 0.717) is 11.3 Å². The zero-order valence-corrected chi connectivity index (χ0v) is 12.8. The summed E-state index contributed by atoms with van der Waals surface area (Å²) in [6.07, 6.45) is 2.97. The maximum Gasteiger partial charge on any atom is 0.146 e. The van der Waals surface area contributed by atoms with Crippen molar-refractivity contribution in [1.29, 1.82) is 0 Å². The maximum absolute atomic E-state index is 4.18. The molecule has 19 heavy (non-hydrogen) atoms. The molecule has 3 rings (SSSR count). The number of aromatic nitrogens is 3. The van der Waals surface area contributed by atoms with Crippen LogP contribution >= 0.6 is 23.1 Å². The molecule has 2 aromatic rings. The van der Waals surface area contributed by atoms with Crippen molar-refractivity contribution in [2.45, 2.75) is 48.9 Å². The molecule has 0 amide bonds. The predicted molar refractivity (Wildman–Crippen MR) is 79.5 cm³/mol. The minimum Gasteiger partial charge on any atom is -0.317 e. The Labute approximate surface area is 121 Å². The molecule has 102 valence electrons. The Morgan fingerprint density at radius 2 is 2.42 bits per heavy atom. The van der Waals surface area contributed by atoms with Crippen LogP contribution in [0.2, 0.25) is 0 Å². The standard InChI is InChI=1S/C13H18N4S2/c1-3-17-8-15-16-12(17)7-14-11-6-9(2)19-13-10(11)4-5-18-13/h4-5,8-9,11,14H,3,6-7H2,1-2H3/t9-,11?/m0/s1. The molecule has 2 atom stereocenters. The normalized spacial score (nSPS) is 22.4. The van der Waals surface area contributed by atoms with Crippen LogP contribution in [0.1, 0.15) is 37.7 Å². The van der Waals surface area contributed by atoms with Crippen molar-refractivity contribution in [2.75, 3.05) is 0 Å². The van der Waals surface area contributed by atoms with E-state index in [1.54, 1.807) is 6.33 Å². The summed E-state index contributed by atoms with van der Waals surface area (Å²) in [5, 5.41) is 14.7. The van der Waals surface area contributed by atoms with E-state index in [1.807, 2.05) is 23.1 Å². The molecule has 1 aliphatic heterocycles. The largest absolute Gasteiger partial charge is 0.317 e. The predicted octanol–water partition coefficient (Wildman–Crippen LogP) is 3.07. The van der Waals surface area contributed by atoms with Crippen LogP contribution in [0.25, 0.3) is 0 Å². The Hall–Kier alpha value is -0.850. The summed E-state index contributed by atoms with van der Waals surface area (Å²) in [6.45, 7) is 6.12. The van der Waals surface area contributed by atoms with Gasteiger partial charge in [0.25, 0.3) is 0 Å². The van der Waals surface area contributed by atoms with Gasteiger partial charge in [-0.2, -0.15) is 0 Å². The monoisotopic (exact) mass is 294 g/mol. The van der Waals surface area contributed by atoms with Gasteiger partial charge in [-0.1, -0.05) is 6.92 Å². The lowest BCUT2D eigenvalue weighted by Gasteiger charge is -2.27. The Morgan fingerprint density at radius 3 is 3.26 bits per heavy atom. The molecule has 2 aromatic heterocycles. The molecule has 1 N–H and O–H groups in total. The first-order valence-electron chi connectivity index (χ1n) is 6.62. The quantitative estimate of drug-likeness (QED) is 0.941. The van der Waals surface area contributed by atoms with Gasteiger partial charge in [-0.25, -0.2) is 0 Å². The number of rotatable bonds is 4. The van der Waals surface area contributed by atoms with Crippen LogP contribution in [-0.2, 0) is 13.1 Å². The molecule has 0 saturated carbocycles. The molecular weight excluding hydrogens is 276 g/mol. The van der Waals surface area contributed by atoms with Crippen LogP contribution < -0.4 is 5.32 Å². The van der Waals surface area contributed by atoms with Crippen LogP contribution in [0.4, 0.5) is 0 Å². The van der Waals surface area contributed by atoms with Crippen molar-refractivity contribution in [3.63, 3.8) is 0 Å². The highest BCUT2D eigenvalue weighted by atomic mass is 32.2. The number of nitrogens with one attached hydrogen (secondary N) is 1. The topological polar surface area (TPSA) is 42.7 Å². The van der Waals surface area contributed by atoms with Crippen LogP contribution in [0.3, 0.4) is 0 Å². The molecule has 0 aliphatic carbocycles. The second kappa shape index (κ2) is 5.64. The fourth-order valence-electron chi connectivity index (χ4n) is 2.44. The minimum absolute atomic E-state index is 0.444. The summed E-state index contributed by atoms with van der Waals surface area (Å²) in [5.41, 5.74) is 1.45. The van der Waals surface area contributed by atoms with E-state index in [0.717, 1.165) is 18.9 Å². The van der Waals surface area contributed by atoms with Gasteiger partial charge in [-0.15, -0.1) is 33.3 Å². The van der Waals surface area contributed by atoms with Crippen molar-refractivity contribution in [2.24, 2.45) is 0 Å². The second-order valence-electron chi connectivity index (χ2n) is 4.79. The number of hydrogen-bond acceptors (Lipinski definition) is 5. The van der Waals surface area contributed by atoms with Gasteiger partial charge >= 0.3 is 0 Å². The number of fused-ring (bicyclic) bond motifs is 1. The Balaban J connectivity index is 1.71. The molecule has 0 spiro atoms. The van der Waals surface area contributed by atoms with Gasteiger partial charge in [0.1, 0.15) is 12.2 Å². The van der Waals surface area contributed by atoms with E-state index in [1.165, 1.54) is 16.2 Å². The summed E-state index contributed by atoms with van der Waals surface area (Å²) in [6, 6.07) is 2.70. The molecule has 0 saturated heterocycles. The van der Waals surface area contributed by atoms with Crippen molar-refractivity contribution < 1.29 is 0 Å². The van der Waals surface area contributed by atoms with E-state index in [4.69, 9.17) is 0 Å². The maximum atomic E-state index is 4.18. The number of aryl methyl sites for hydroxylation is 1. The highest BCUT2D eigenvalue weighted by molar-refractivity contribution is 8.01. The van der Waals surface area contributed by atoms with Crippen molar-refractivity contribution in [1.82, 2.24) is 20.1 Å². The highest BCUT2D eigenvalue weighted by Gasteiger charge is 2.26. The van der Waals surface area contributed by atoms with Gasteiger partial charge in [0.15, 0.2) is 0 Å². The lowest BCUT2D eigenvalue weighted by Crippen LogP contribution is -2.27. The third kappa shape index (κ3) is 2.70. The zero-order valence-electron chi connectivity index (χ0n) is 11.2. The van der Waals surface area contributed by atoms with Gasteiger partial charge in [0.2, 0.25) is 0 Å². The second-order valence-corrected chi connectivity index (χ2v) is 7.42. The zero-order chi connectivity index (χ0) is 13.2. The van der Waals surface area contributed by atoms with Crippen molar-refractivity contribution in [3.05, 3.63) is 29.2 Å². The summed E-state index contributed by atoms with van der Waals surface area (Å²) >= 11 is 3.85. The molecule has 0 bridgehead atoms. The molecule has 6 heteroatoms. The van der Waals surface area contributed by atoms with E-state index in [-0.39, 0.29) is 0 Å². The van der Waals surface area contributed by atoms with E-state index in [9.17, 15) is 0 Å². The smallest absolute Gasteiger partial charge is 0.146 e. The summed E-state index contributed by atoms with van der Waals surface area (Å²) in [4.78, 5) is 0. The summed E-state index contributed by atoms with van der Waals surface area (Å²) < 4.78 is 3.55. The molecular formula is C13H18N4S2. The van der Waals surface area contributed by atoms with Crippen LogP contribution in [0.15, 0.2) is 22.0 Å². The average molecular weight is 294 g/mol. The van der Waals surface area contributed by atoms with Crippen LogP contribution in [0.5, 0.6) is 0 Å². The van der Waals surface area contributed by atoms with Gasteiger partial charge < -0.3 is 9.88 Å². The SMILES string of the molecule is CCn1cnnc1CNC1C[C@H](C)Sc2sccc21. The van der Waals surface area contributed by atoms with E-state index in [2.05, 4.69) is 45.4 Å². The Bertz CT molecular complexity index is 548. The number of hydrogen-bond donors (Lipinski definition) is 1. The molecule has 1 unspecified atom stereocenters. The number of thiophene rings is 1. The first-order valence-corrected chi connectivity index (χ1v) is 8.38. The van der Waals surface area contributed by atoms with Gasteiger partial charge in [0.05, 0.1) is 10.8 Å². The lowest BCUT2D eigenvalue weighted by atomic mass is 10.0. The fraction of sp³-hybridized carbons (Fsp3) is 0.538. The van der Waals surface area contributed by atoms with Crippen molar-refractivity contribution in [3.8, 4) is 0 Å². The molecule has 0 aromatic carbocycles. The van der Waals surface area contributed by atoms with E-state index < -0.39 is 0 Å². The van der Waals surface area contributed by atoms with Gasteiger partial charge in [-0.05, 0) is 30.4 Å². The molecule has 3 heterocycles. The lowest BCUT2D eigenvalue weighted by molar-refractivity contribution is 0.471. The molecule has 0 fully saturated rings. The third-order valence-electron chi connectivity index (χ3n) is 3.45. The Kier molecular flexibility index (Phi) is 3.91. The first-order chi connectivity index (χ1) is 9.28. The first kappa shape index (κ1) is 13.1. The van der Waals surface area contributed by atoms with Crippen LogP contribution in [-0.4, -0.2) is 20.0 Å². The minimum atomic E-state index is 0.444. The van der Waals surface area contributed by atoms with Gasteiger partial charge in [-0.3, -0.25) is 0 Å². The number of thioether (sulfide) groups is 1. The molecule has 0 radical (unpaired) electrons. The summed E-state index contributed by atoms with van der Waals surface area (Å²) in [7, 11) is 0. The highest BCUT2D eigenvalue weighted by Crippen LogP contribution is 2.43. The molecule has 1 aliphatic rings. The van der Waals surface area contributed by atoms with Gasteiger partial charge in [0, 0.05) is 17.8 Å². The Morgan fingerprint density at radius 1 is 1.53 bits per heavy atom. The number of nitrogens with zero attached hydrogens (tertiary/aromatic N) is 3. The fourth-order valence-corrected chi connectivity index (χ4v) is 5.00. The van der Waals surface area contributed by atoms with E-state index >= 15 is 0 Å². The average Bonchev–Trinajstić information content (AvgIpc) is 3.03. The molecule has 4 nitrogen and oxygen atoms in total. The summed E-state index contributed by atoms with van der Waals surface area (Å²) in [5.74, 6) is 1.02. The van der Waals surface area contributed by atoms with Crippen molar-refractivity contribution >= 4 is 23.1 Å².